The summed E-state index contributed by atoms with van der Waals surface area (Å²) in [6, 6.07) is 1.88. The van der Waals surface area contributed by atoms with Crippen LogP contribution in [0.15, 0.2) is 35.7 Å². The molecule has 0 unspecified atom stereocenters. The van der Waals surface area contributed by atoms with E-state index in [-0.39, 0.29) is 0 Å². The first-order valence-corrected chi connectivity index (χ1v) is 3.95. The molecule has 3 nitrogen and oxygen atoms in total. The molecule has 0 atom stereocenters. The van der Waals surface area contributed by atoms with Gasteiger partial charge in [-0.05, 0) is 6.07 Å². The average molecular weight is 177 g/mol. The minimum absolute atomic E-state index is 0.822. The summed E-state index contributed by atoms with van der Waals surface area (Å²) in [5.74, 6) is 0.822. The van der Waals surface area contributed by atoms with Gasteiger partial charge in [0.15, 0.2) is 0 Å². The number of nitrogens with one attached hydrogen (secondary N) is 1. The molecule has 0 aliphatic carbocycles. The van der Waals surface area contributed by atoms with Gasteiger partial charge >= 0.3 is 0 Å². The molecule has 0 amide bonds. The number of imidazole rings is 1. The second kappa shape index (κ2) is 2.98. The van der Waals surface area contributed by atoms with Gasteiger partial charge in [-0.15, -0.1) is 12.6 Å². The maximum absolute atomic E-state index is 4.26. The van der Waals surface area contributed by atoms with Gasteiger partial charge < -0.3 is 4.98 Å². The Morgan fingerprint density at radius 3 is 2.92 bits per heavy atom. The third-order valence-corrected chi connectivity index (χ3v) is 1.91. The van der Waals surface area contributed by atoms with Gasteiger partial charge in [-0.25, -0.2) is 4.98 Å². The highest BCUT2D eigenvalue weighted by atomic mass is 32.1. The van der Waals surface area contributed by atoms with Crippen LogP contribution in [0, 0.1) is 0 Å². The van der Waals surface area contributed by atoms with Crippen molar-refractivity contribution in [2.45, 2.75) is 4.90 Å². The van der Waals surface area contributed by atoms with Crippen LogP contribution < -0.4 is 0 Å². The van der Waals surface area contributed by atoms with E-state index in [2.05, 4.69) is 27.6 Å². The highest BCUT2D eigenvalue weighted by molar-refractivity contribution is 7.80. The molecule has 60 valence electrons. The molecule has 0 spiro atoms. The van der Waals surface area contributed by atoms with Gasteiger partial charge in [0.1, 0.15) is 5.82 Å². The normalized spacial score (nSPS) is 10.1. The zero-order valence-corrected chi connectivity index (χ0v) is 7.12. The maximum atomic E-state index is 4.26. The van der Waals surface area contributed by atoms with E-state index >= 15 is 0 Å². The van der Waals surface area contributed by atoms with Crippen molar-refractivity contribution in [3.8, 4) is 11.4 Å². The van der Waals surface area contributed by atoms with Crippen LogP contribution in [0.4, 0.5) is 0 Å². The second-order valence-corrected chi connectivity index (χ2v) is 2.81. The summed E-state index contributed by atoms with van der Waals surface area (Å²) in [6.07, 6.45) is 6.91. The highest BCUT2D eigenvalue weighted by Gasteiger charge is 2.02. The summed E-state index contributed by atoms with van der Waals surface area (Å²) < 4.78 is 0. The Labute approximate surface area is 75.3 Å². The van der Waals surface area contributed by atoms with Crippen LogP contribution in [-0.4, -0.2) is 15.0 Å². The Balaban J connectivity index is 2.55. The highest BCUT2D eigenvalue weighted by Crippen LogP contribution is 2.21. The van der Waals surface area contributed by atoms with E-state index in [1.54, 1.807) is 24.8 Å². The molecule has 2 heterocycles. The fourth-order valence-electron chi connectivity index (χ4n) is 0.999. The number of pyridine rings is 1. The molecule has 0 saturated carbocycles. The molecular formula is C8H7N3S. The Kier molecular flexibility index (Phi) is 1.83. The third-order valence-electron chi connectivity index (χ3n) is 1.55. The van der Waals surface area contributed by atoms with Crippen LogP contribution in [0.5, 0.6) is 0 Å². The largest absolute Gasteiger partial charge is 0.345 e. The zero-order valence-electron chi connectivity index (χ0n) is 6.23. The van der Waals surface area contributed by atoms with Gasteiger partial charge in [-0.3, -0.25) is 4.98 Å². The predicted molar refractivity (Wildman–Crippen MR) is 49.1 cm³/mol. The number of aromatic amines is 1. The Morgan fingerprint density at radius 1 is 1.33 bits per heavy atom. The molecule has 0 aliphatic heterocycles. The fraction of sp³-hybridized carbons (Fsp3) is 0. The first-order valence-electron chi connectivity index (χ1n) is 3.50. The third kappa shape index (κ3) is 1.21. The van der Waals surface area contributed by atoms with E-state index in [0.29, 0.717) is 0 Å². The number of nitrogens with zero attached hydrogens (tertiary/aromatic N) is 2. The van der Waals surface area contributed by atoms with Crippen LogP contribution in [-0.2, 0) is 0 Å². The molecule has 0 aromatic carbocycles. The van der Waals surface area contributed by atoms with Gasteiger partial charge in [0.05, 0.1) is 0 Å². The van der Waals surface area contributed by atoms with Crippen molar-refractivity contribution in [1.29, 1.82) is 0 Å². The minimum atomic E-state index is 0.822. The Bertz CT molecular complexity index is 370. The first kappa shape index (κ1) is 7.36. The Hall–Kier alpha value is -1.29. The topological polar surface area (TPSA) is 41.6 Å². The lowest BCUT2D eigenvalue weighted by Gasteiger charge is -1.98. The summed E-state index contributed by atoms with van der Waals surface area (Å²) in [5.41, 5.74) is 0.971. The van der Waals surface area contributed by atoms with Crippen molar-refractivity contribution < 1.29 is 0 Å². The second-order valence-electron chi connectivity index (χ2n) is 2.33. The summed E-state index contributed by atoms with van der Waals surface area (Å²) in [5, 5.41) is 0. The van der Waals surface area contributed by atoms with Gasteiger partial charge in [0.25, 0.3) is 0 Å². The number of thiol groups is 1. The maximum Gasteiger partial charge on any atom is 0.138 e. The first-order chi connectivity index (χ1) is 5.88. The van der Waals surface area contributed by atoms with Crippen molar-refractivity contribution in [3.63, 3.8) is 0 Å². The van der Waals surface area contributed by atoms with Crippen LogP contribution in [0.2, 0.25) is 0 Å². The molecule has 2 aromatic heterocycles. The van der Waals surface area contributed by atoms with E-state index in [1.807, 2.05) is 6.07 Å². The molecule has 12 heavy (non-hydrogen) atoms. The lowest BCUT2D eigenvalue weighted by molar-refractivity contribution is 1.20. The lowest BCUT2D eigenvalue weighted by atomic mass is 10.2. The van der Waals surface area contributed by atoms with E-state index in [9.17, 15) is 0 Å². The molecule has 4 heteroatoms. The van der Waals surface area contributed by atoms with Crippen molar-refractivity contribution >= 4 is 12.6 Å². The molecule has 0 saturated heterocycles. The molecule has 0 bridgehead atoms. The van der Waals surface area contributed by atoms with Gasteiger partial charge in [-0.1, -0.05) is 0 Å². The van der Waals surface area contributed by atoms with E-state index in [1.165, 1.54) is 0 Å². The predicted octanol–water partition coefficient (Wildman–Crippen LogP) is 1.76. The van der Waals surface area contributed by atoms with E-state index in [4.69, 9.17) is 0 Å². The summed E-state index contributed by atoms with van der Waals surface area (Å²) in [7, 11) is 0. The number of aromatic nitrogens is 3. The standard InChI is InChI=1S/C8H7N3S/c12-7-5-9-2-1-6(7)8-10-3-4-11-8/h1-5,12H,(H,10,11). The molecule has 0 aliphatic rings. The SMILES string of the molecule is Sc1cnccc1-c1ncc[nH]1. The fourth-order valence-corrected chi connectivity index (χ4v) is 1.25. The summed E-state index contributed by atoms with van der Waals surface area (Å²) in [6.45, 7) is 0. The van der Waals surface area contributed by atoms with Crippen molar-refractivity contribution in [2.24, 2.45) is 0 Å². The van der Waals surface area contributed by atoms with Crippen molar-refractivity contribution in [2.75, 3.05) is 0 Å². The van der Waals surface area contributed by atoms with E-state index < -0.39 is 0 Å². The van der Waals surface area contributed by atoms with E-state index in [0.717, 1.165) is 16.3 Å². The molecule has 2 aromatic rings. The molecule has 0 radical (unpaired) electrons. The van der Waals surface area contributed by atoms with Crippen molar-refractivity contribution in [1.82, 2.24) is 15.0 Å². The minimum Gasteiger partial charge on any atom is -0.345 e. The molecule has 0 fully saturated rings. The summed E-state index contributed by atoms with van der Waals surface area (Å²) >= 11 is 4.26. The number of rotatable bonds is 1. The number of hydrogen-bond donors (Lipinski definition) is 2. The number of hydrogen-bond acceptors (Lipinski definition) is 3. The lowest BCUT2D eigenvalue weighted by Crippen LogP contribution is -1.83. The monoisotopic (exact) mass is 177 g/mol. The van der Waals surface area contributed by atoms with Gasteiger partial charge in [0, 0.05) is 35.2 Å². The average Bonchev–Trinajstić information content (AvgIpc) is 2.57. The quantitative estimate of drug-likeness (QED) is 0.652. The van der Waals surface area contributed by atoms with Gasteiger partial charge in [0.2, 0.25) is 0 Å². The van der Waals surface area contributed by atoms with Crippen LogP contribution in [0.1, 0.15) is 0 Å². The van der Waals surface area contributed by atoms with Crippen LogP contribution in [0.25, 0.3) is 11.4 Å². The Morgan fingerprint density at radius 2 is 2.25 bits per heavy atom. The molecule has 1 N–H and O–H groups in total. The van der Waals surface area contributed by atoms with Gasteiger partial charge in [-0.2, -0.15) is 0 Å². The van der Waals surface area contributed by atoms with Crippen LogP contribution in [0.3, 0.4) is 0 Å². The number of H-pyrrole nitrogens is 1. The molecular weight excluding hydrogens is 170 g/mol. The smallest absolute Gasteiger partial charge is 0.138 e. The van der Waals surface area contributed by atoms with Crippen molar-refractivity contribution in [3.05, 3.63) is 30.9 Å². The van der Waals surface area contributed by atoms with Crippen LogP contribution >= 0.6 is 12.6 Å². The zero-order chi connectivity index (χ0) is 8.39. The summed E-state index contributed by atoms with van der Waals surface area (Å²) in [4.78, 5) is 11.9. The molecule has 2 rings (SSSR count).